The Morgan fingerprint density at radius 1 is 1.53 bits per heavy atom. The van der Waals surface area contributed by atoms with Crippen LogP contribution < -0.4 is 5.73 Å². The van der Waals surface area contributed by atoms with Gasteiger partial charge < -0.3 is 15.4 Å². The van der Waals surface area contributed by atoms with E-state index >= 15 is 0 Å². The molecule has 76 valence electrons. The fourth-order valence-electron chi connectivity index (χ4n) is 1.02. The standard InChI is InChI=1S/C8H6N4O3/c9-5-3-10-2-1-4(5)7-11-6(8(13)14)12-15-7/h1-3H,9H2,(H,13,14). The Labute approximate surface area is 83.6 Å². The van der Waals surface area contributed by atoms with Crippen LogP contribution in [0.3, 0.4) is 0 Å². The second kappa shape index (κ2) is 3.37. The molecule has 0 spiro atoms. The number of aromatic carboxylic acids is 1. The third-order valence-electron chi connectivity index (χ3n) is 1.70. The van der Waals surface area contributed by atoms with Crippen molar-refractivity contribution >= 4 is 11.7 Å². The number of aromatic nitrogens is 3. The monoisotopic (exact) mass is 206 g/mol. The highest BCUT2D eigenvalue weighted by atomic mass is 16.5. The van der Waals surface area contributed by atoms with Crippen molar-refractivity contribution in [1.82, 2.24) is 15.1 Å². The Balaban J connectivity index is 2.46. The van der Waals surface area contributed by atoms with Gasteiger partial charge in [0.2, 0.25) is 0 Å². The van der Waals surface area contributed by atoms with Gasteiger partial charge in [-0.2, -0.15) is 4.98 Å². The normalized spacial score (nSPS) is 10.1. The van der Waals surface area contributed by atoms with Crippen molar-refractivity contribution in [2.24, 2.45) is 0 Å². The lowest BCUT2D eigenvalue weighted by molar-refractivity contribution is 0.0680. The van der Waals surface area contributed by atoms with Crippen LogP contribution in [0.15, 0.2) is 23.0 Å². The molecule has 0 saturated heterocycles. The van der Waals surface area contributed by atoms with Crippen LogP contribution in [0.1, 0.15) is 10.6 Å². The largest absolute Gasteiger partial charge is 0.475 e. The van der Waals surface area contributed by atoms with E-state index in [-0.39, 0.29) is 5.89 Å². The lowest BCUT2D eigenvalue weighted by Gasteiger charge is -1.96. The maximum absolute atomic E-state index is 10.5. The van der Waals surface area contributed by atoms with Crippen molar-refractivity contribution in [2.45, 2.75) is 0 Å². The predicted octanol–water partition coefficient (Wildman–Crippen LogP) is 0.412. The average Bonchev–Trinajstić information content (AvgIpc) is 2.67. The number of hydrogen-bond acceptors (Lipinski definition) is 6. The number of hydrogen-bond donors (Lipinski definition) is 2. The topological polar surface area (TPSA) is 115 Å². The highest BCUT2D eigenvalue weighted by Crippen LogP contribution is 2.22. The molecule has 0 radical (unpaired) electrons. The molecule has 15 heavy (non-hydrogen) atoms. The fraction of sp³-hybridized carbons (Fsp3) is 0. The minimum atomic E-state index is -1.25. The van der Waals surface area contributed by atoms with Crippen LogP contribution in [0.5, 0.6) is 0 Å². The quantitative estimate of drug-likeness (QED) is 0.730. The number of nitrogen functional groups attached to an aromatic ring is 1. The zero-order valence-electron chi connectivity index (χ0n) is 7.41. The summed E-state index contributed by atoms with van der Waals surface area (Å²) in [5.74, 6) is -1.59. The van der Waals surface area contributed by atoms with E-state index in [1.807, 2.05) is 0 Å². The van der Waals surface area contributed by atoms with Gasteiger partial charge in [-0.1, -0.05) is 0 Å². The van der Waals surface area contributed by atoms with Crippen molar-refractivity contribution in [1.29, 1.82) is 0 Å². The highest BCUT2D eigenvalue weighted by Gasteiger charge is 2.15. The predicted molar refractivity (Wildman–Crippen MR) is 48.9 cm³/mol. The molecule has 0 unspecified atom stereocenters. The molecular formula is C8H6N4O3. The van der Waals surface area contributed by atoms with E-state index in [1.54, 1.807) is 6.07 Å². The molecule has 3 N–H and O–H groups in total. The van der Waals surface area contributed by atoms with Crippen LogP contribution in [0.4, 0.5) is 5.69 Å². The number of anilines is 1. The third kappa shape index (κ3) is 1.62. The van der Waals surface area contributed by atoms with Crippen LogP contribution in [0.25, 0.3) is 11.5 Å². The molecule has 0 amide bonds. The number of nitrogens with two attached hydrogens (primary N) is 1. The van der Waals surface area contributed by atoms with Gasteiger partial charge in [-0.05, 0) is 11.2 Å². The summed E-state index contributed by atoms with van der Waals surface area (Å²) in [6, 6.07) is 1.56. The molecule has 7 nitrogen and oxygen atoms in total. The Morgan fingerprint density at radius 2 is 2.33 bits per heavy atom. The summed E-state index contributed by atoms with van der Waals surface area (Å²) in [5.41, 5.74) is 6.41. The molecule has 0 aliphatic heterocycles. The number of pyridine rings is 1. The first-order chi connectivity index (χ1) is 7.18. The summed E-state index contributed by atoms with van der Waals surface area (Å²) in [4.78, 5) is 17.9. The van der Waals surface area contributed by atoms with Gasteiger partial charge in [-0.15, -0.1) is 0 Å². The lowest BCUT2D eigenvalue weighted by atomic mass is 10.2. The van der Waals surface area contributed by atoms with Crippen molar-refractivity contribution in [2.75, 3.05) is 5.73 Å². The number of carboxylic acid groups (broad SMARTS) is 1. The van der Waals surface area contributed by atoms with E-state index in [2.05, 4.69) is 15.1 Å². The van der Waals surface area contributed by atoms with Crippen LogP contribution in [-0.4, -0.2) is 26.2 Å². The number of nitrogens with zero attached hydrogens (tertiary/aromatic N) is 3. The Bertz CT molecular complexity index is 508. The molecule has 0 bridgehead atoms. The minimum absolute atomic E-state index is 0.0623. The van der Waals surface area contributed by atoms with Crippen LogP contribution in [0.2, 0.25) is 0 Å². The van der Waals surface area contributed by atoms with Gasteiger partial charge in [0.15, 0.2) is 0 Å². The van der Waals surface area contributed by atoms with Crippen molar-refractivity contribution in [3.63, 3.8) is 0 Å². The number of carboxylic acids is 1. The number of carbonyl (C=O) groups is 1. The first kappa shape index (κ1) is 9.13. The highest BCUT2D eigenvalue weighted by molar-refractivity contribution is 5.83. The molecule has 0 fully saturated rings. The molecule has 0 aliphatic carbocycles. The molecule has 0 aliphatic rings. The molecule has 2 aromatic heterocycles. The minimum Gasteiger partial charge on any atom is -0.475 e. The Kier molecular flexibility index (Phi) is 2.05. The van der Waals surface area contributed by atoms with E-state index < -0.39 is 11.8 Å². The van der Waals surface area contributed by atoms with E-state index in [0.29, 0.717) is 11.3 Å². The molecular weight excluding hydrogens is 200 g/mol. The summed E-state index contributed by atoms with van der Waals surface area (Å²) in [5, 5.41) is 11.9. The molecule has 0 atom stereocenters. The maximum Gasteiger partial charge on any atom is 0.377 e. The zero-order chi connectivity index (χ0) is 10.8. The number of rotatable bonds is 2. The smallest absolute Gasteiger partial charge is 0.377 e. The first-order valence-corrected chi connectivity index (χ1v) is 3.95. The van der Waals surface area contributed by atoms with Gasteiger partial charge in [0, 0.05) is 6.20 Å². The summed E-state index contributed by atoms with van der Waals surface area (Å²) in [6.45, 7) is 0. The molecule has 2 rings (SSSR count). The van der Waals surface area contributed by atoms with Crippen LogP contribution >= 0.6 is 0 Å². The Hall–Kier alpha value is -2.44. The van der Waals surface area contributed by atoms with Gasteiger partial charge >= 0.3 is 5.97 Å². The summed E-state index contributed by atoms with van der Waals surface area (Å²) in [6.07, 6.45) is 2.91. The Morgan fingerprint density at radius 3 is 2.93 bits per heavy atom. The SMILES string of the molecule is Nc1cnccc1-c1nc(C(=O)O)no1. The summed E-state index contributed by atoms with van der Waals surface area (Å²) in [7, 11) is 0. The third-order valence-corrected chi connectivity index (χ3v) is 1.70. The second-order valence-corrected chi connectivity index (χ2v) is 2.69. The van der Waals surface area contributed by atoms with Crippen molar-refractivity contribution < 1.29 is 14.4 Å². The van der Waals surface area contributed by atoms with Gasteiger partial charge in [-0.25, -0.2) is 4.79 Å². The summed E-state index contributed by atoms with van der Waals surface area (Å²) >= 11 is 0. The van der Waals surface area contributed by atoms with Gasteiger partial charge in [0.25, 0.3) is 11.7 Å². The fourth-order valence-corrected chi connectivity index (χ4v) is 1.02. The summed E-state index contributed by atoms with van der Waals surface area (Å²) < 4.78 is 4.74. The lowest BCUT2D eigenvalue weighted by Crippen LogP contribution is -1.98. The van der Waals surface area contributed by atoms with Gasteiger partial charge in [0.05, 0.1) is 17.4 Å². The maximum atomic E-state index is 10.5. The molecule has 7 heteroatoms. The molecule has 0 saturated carbocycles. The average molecular weight is 206 g/mol. The van der Waals surface area contributed by atoms with E-state index in [9.17, 15) is 4.79 Å². The van der Waals surface area contributed by atoms with Gasteiger partial charge in [-0.3, -0.25) is 4.98 Å². The van der Waals surface area contributed by atoms with Crippen LogP contribution in [-0.2, 0) is 0 Å². The molecule has 2 aromatic rings. The second-order valence-electron chi connectivity index (χ2n) is 2.69. The zero-order valence-corrected chi connectivity index (χ0v) is 7.41. The van der Waals surface area contributed by atoms with E-state index in [4.69, 9.17) is 15.4 Å². The molecule has 2 heterocycles. The van der Waals surface area contributed by atoms with Crippen molar-refractivity contribution in [3.8, 4) is 11.5 Å². The molecule has 0 aromatic carbocycles. The van der Waals surface area contributed by atoms with Crippen molar-refractivity contribution in [3.05, 3.63) is 24.3 Å². The van der Waals surface area contributed by atoms with E-state index in [0.717, 1.165) is 0 Å². The van der Waals surface area contributed by atoms with E-state index in [1.165, 1.54) is 12.4 Å². The van der Waals surface area contributed by atoms with Gasteiger partial charge in [0.1, 0.15) is 0 Å². The van der Waals surface area contributed by atoms with Crippen LogP contribution in [0, 0.1) is 0 Å². The first-order valence-electron chi connectivity index (χ1n) is 3.95.